The first-order valence-corrected chi connectivity index (χ1v) is 12.8. The van der Waals surface area contributed by atoms with Crippen molar-refractivity contribution in [1.82, 2.24) is 30.1 Å². The van der Waals surface area contributed by atoms with Crippen LogP contribution in [0.15, 0.2) is 48.8 Å². The molecule has 2 aromatic heterocycles. The second-order valence-corrected chi connectivity index (χ2v) is 10.5. The summed E-state index contributed by atoms with van der Waals surface area (Å²) in [5.41, 5.74) is 10.1. The molecule has 1 saturated heterocycles. The van der Waals surface area contributed by atoms with Crippen molar-refractivity contribution in [2.45, 2.75) is 19.5 Å². The van der Waals surface area contributed by atoms with Crippen LogP contribution in [-0.4, -0.2) is 84.0 Å². The third-order valence-corrected chi connectivity index (χ3v) is 7.57. The molecule has 1 fully saturated rings. The van der Waals surface area contributed by atoms with E-state index in [1.807, 2.05) is 36.7 Å². The van der Waals surface area contributed by atoms with Gasteiger partial charge in [0.2, 0.25) is 0 Å². The van der Waals surface area contributed by atoms with Gasteiger partial charge in [-0.25, -0.2) is 9.97 Å². The third kappa shape index (κ3) is 4.26. The van der Waals surface area contributed by atoms with Gasteiger partial charge in [-0.3, -0.25) is 4.79 Å². The summed E-state index contributed by atoms with van der Waals surface area (Å²) in [6, 6.07) is 12.7. The first-order valence-electron chi connectivity index (χ1n) is 12.8. The molecule has 190 valence electrons. The van der Waals surface area contributed by atoms with Gasteiger partial charge in [-0.1, -0.05) is 12.1 Å². The minimum absolute atomic E-state index is 0.0106. The number of likely N-dealkylation sites (N-methyl/N-ethyl adjacent to an activating group) is 1. The number of hydrogen-bond donors (Lipinski definition) is 2. The maximum absolute atomic E-state index is 12.3. The van der Waals surface area contributed by atoms with Crippen molar-refractivity contribution >= 4 is 22.8 Å². The highest BCUT2D eigenvalue weighted by atomic mass is 16.2. The molecule has 1 amide bonds. The predicted molar refractivity (Wildman–Crippen MR) is 148 cm³/mol. The van der Waals surface area contributed by atoms with E-state index in [4.69, 9.17) is 9.97 Å². The van der Waals surface area contributed by atoms with Crippen LogP contribution in [0.5, 0.6) is 0 Å². The number of aromatic amines is 1. The number of carbonyl (C=O) groups excluding carboxylic acids is 1. The lowest BCUT2D eigenvalue weighted by atomic mass is 9.99. The Labute approximate surface area is 217 Å². The Morgan fingerprint density at radius 3 is 2.70 bits per heavy atom. The first-order chi connectivity index (χ1) is 17.9. The average Bonchev–Trinajstić information content (AvgIpc) is 3.23. The molecule has 0 spiro atoms. The smallest absolute Gasteiger partial charge is 0.253 e. The van der Waals surface area contributed by atoms with Gasteiger partial charge < -0.3 is 25.0 Å². The lowest BCUT2D eigenvalue weighted by Crippen LogP contribution is -2.54. The summed E-state index contributed by atoms with van der Waals surface area (Å²) in [6.07, 6.45) is 3.79. The lowest BCUT2D eigenvalue weighted by Gasteiger charge is -2.41. The normalized spacial score (nSPS) is 17.8. The van der Waals surface area contributed by atoms with Gasteiger partial charge in [-0.15, -0.1) is 0 Å². The van der Waals surface area contributed by atoms with Crippen LogP contribution in [-0.2, 0) is 6.54 Å². The average molecular weight is 496 g/mol. The van der Waals surface area contributed by atoms with E-state index in [1.165, 1.54) is 16.8 Å². The Morgan fingerprint density at radius 1 is 1.11 bits per heavy atom. The molecular formula is C29H33N7O. The van der Waals surface area contributed by atoms with Crippen LogP contribution >= 0.6 is 0 Å². The van der Waals surface area contributed by atoms with E-state index in [0.717, 1.165) is 66.3 Å². The molecule has 2 aliphatic heterocycles. The van der Waals surface area contributed by atoms with Gasteiger partial charge in [-0.2, -0.15) is 0 Å². The van der Waals surface area contributed by atoms with Gasteiger partial charge in [-0.05, 0) is 54.9 Å². The van der Waals surface area contributed by atoms with Crippen molar-refractivity contribution in [3.8, 4) is 22.4 Å². The fraction of sp³-hybridized carbons (Fsp3) is 0.345. The van der Waals surface area contributed by atoms with E-state index in [2.05, 4.69) is 46.2 Å². The second-order valence-electron chi connectivity index (χ2n) is 10.5. The molecule has 0 saturated carbocycles. The monoisotopic (exact) mass is 495 g/mol. The van der Waals surface area contributed by atoms with E-state index < -0.39 is 0 Å². The molecule has 1 atom stereocenters. The fourth-order valence-electron chi connectivity index (χ4n) is 5.70. The Bertz CT molecular complexity index is 1470. The van der Waals surface area contributed by atoms with E-state index in [-0.39, 0.29) is 5.91 Å². The zero-order chi connectivity index (χ0) is 25.7. The van der Waals surface area contributed by atoms with Gasteiger partial charge in [0.1, 0.15) is 5.52 Å². The molecule has 2 aliphatic rings. The molecule has 8 heteroatoms. The number of carbonyl (C=O) groups is 1. The number of nitrogens with zero attached hydrogens (tertiary/aromatic N) is 5. The minimum Gasteiger partial charge on any atom is -0.364 e. The van der Waals surface area contributed by atoms with E-state index >= 15 is 0 Å². The van der Waals surface area contributed by atoms with E-state index in [1.54, 1.807) is 19.0 Å². The molecule has 37 heavy (non-hydrogen) atoms. The van der Waals surface area contributed by atoms with Crippen LogP contribution in [0, 0.1) is 6.92 Å². The van der Waals surface area contributed by atoms with Gasteiger partial charge in [0.05, 0.1) is 17.9 Å². The van der Waals surface area contributed by atoms with Gasteiger partial charge in [0.15, 0.2) is 5.65 Å². The number of piperazine rings is 1. The number of anilines is 1. The third-order valence-electron chi connectivity index (χ3n) is 7.57. The Hall–Kier alpha value is -3.75. The van der Waals surface area contributed by atoms with Crippen molar-refractivity contribution < 1.29 is 4.79 Å². The van der Waals surface area contributed by atoms with Crippen LogP contribution in [0.3, 0.4) is 0 Å². The molecule has 0 unspecified atom stereocenters. The molecular weight excluding hydrogens is 462 g/mol. The number of aryl methyl sites for hydroxylation is 1. The predicted octanol–water partition coefficient (Wildman–Crippen LogP) is 3.53. The molecule has 2 N–H and O–H groups in total. The Balaban J connectivity index is 1.37. The van der Waals surface area contributed by atoms with Crippen LogP contribution in [0.4, 0.5) is 5.69 Å². The molecule has 6 rings (SSSR count). The maximum Gasteiger partial charge on any atom is 0.253 e. The summed E-state index contributed by atoms with van der Waals surface area (Å²) in [4.78, 5) is 31.9. The Morgan fingerprint density at radius 2 is 1.92 bits per heavy atom. The zero-order valence-electron chi connectivity index (χ0n) is 21.9. The van der Waals surface area contributed by atoms with Gasteiger partial charge >= 0.3 is 0 Å². The number of aromatic nitrogens is 3. The summed E-state index contributed by atoms with van der Waals surface area (Å²) >= 11 is 0. The molecule has 0 bridgehead atoms. The largest absolute Gasteiger partial charge is 0.364 e. The quantitative estimate of drug-likeness (QED) is 0.453. The molecule has 4 aromatic rings. The highest BCUT2D eigenvalue weighted by Gasteiger charge is 2.30. The van der Waals surface area contributed by atoms with Crippen molar-refractivity contribution in [2.24, 2.45) is 0 Å². The number of rotatable bonds is 3. The van der Waals surface area contributed by atoms with Crippen molar-refractivity contribution in [3.63, 3.8) is 0 Å². The maximum atomic E-state index is 12.3. The number of H-pyrrole nitrogens is 1. The van der Waals surface area contributed by atoms with Crippen LogP contribution in [0.1, 0.15) is 21.5 Å². The highest BCUT2D eigenvalue weighted by molar-refractivity contribution is 5.96. The summed E-state index contributed by atoms with van der Waals surface area (Å²) < 4.78 is 0. The van der Waals surface area contributed by atoms with Crippen LogP contribution in [0.2, 0.25) is 0 Å². The minimum atomic E-state index is -0.0106. The highest BCUT2D eigenvalue weighted by Crippen LogP contribution is 2.35. The molecule has 0 aliphatic carbocycles. The Kier molecular flexibility index (Phi) is 5.93. The van der Waals surface area contributed by atoms with Crippen molar-refractivity contribution in [3.05, 3.63) is 65.5 Å². The molecule has 2 aromatic carbocycles. The van der Waals surface area contributed by atoms with E-state index in [0.29, 0.717) is 11.6 Å². The van der Waals surface area contributed by atoms with E-state index in [9.17, 15) is 4.79 Å². The van der Waals surface area contributed by atoms with Crippen molar-refractivity contribution in [1.29, 1.82) is 0 Å². The standard InChI is InChI=1S/C29H33N7O/c1-18-11-21(12-22-13-30-14-23-17-35(4)9-10-36(23)27(18)22)25-16-32-28-26(33-25)24(15-31-28)19-5-7-20(8-6-19)29(37)34(2)3/h5-8,11-12,15-16,23,30H,9-10,13-14,17H2,1-4H3,(H,31,32)/t23-/m0/s1. The topological polar surface area (TPSA) is 80.4 Å². The van der Waals surface area contributed by atoms with Gasteiger partial charge in [0.25, 0.3) is 5.91 Å². The lowest BCUT2D eigenvalue weighted by molar-refractivity contribution is 0.0827. The first kappa shape index (κ1) is 23.6. The zero-order valence-corrected chi connectivity index (χ0v) is 21.9. The van der Waals surface area contributed by atoms with Gasteiger partial charge in [0, 0.05) is 75.4 Å². The second kappa shape index (κ2) is 9.28. The van der Waals surface area contributed by atoms with Crippen molar-refractivity contribution in [2.75, 3.05) is 52.2 Å². The van der Waals surface area contributed by atoms with Crippen LogP contribution < -0.4 is 10.2 Å². The number of fused-ring (bicyclic) bond motifs is 4. The number of benzene rings is 2. The number of amides is 1. The number of nitrogens with one attached hydrogen (secondary N) is 2. The molecule has 4 heterocycles. The summed E-state index contributed by atoms with van der Waals surface area (Å²) in [5.74, 6) is -0.0106. The summed E-state index contributed by atoms with van der Waals surface area (Å²) in [5, 5.41) is 3.67. The molecule has 0 radical (unpaired) electrons. The van der Waals surface area contributed by atoms with Crippen LogP contribution in [0.25, 0.3) is 33.5 Å². The SMILES string of the molecule is Cc1cc(-c2cnc3[nH]cc(-c4ccc(C(=O)N(C)C)cc4)c3n2)cc2c1N1CCN(C)C[C@@H]1CNC2. The summed E-state index contributed by atoms with van der Waals surface area (Å²) in [6.45, 7) is 7.27. The summed E-state index contributed by atoms with van der Waals surface area (Å²) in [7, 11) is 5.73. The molecule has 8 nitrogen and oxygen atoms in total. The fourth-order valence-corrected chi connectivity index (χ4v) is 5.70. The number of hydrogen-bond acceptors (Lipinski definition) is 6.